The highest BCUT2D eigenvalue weighted by atomic mass is 16.5. The largest absolute Gasteiger partial charge is 0.478 e. The second kappa shape index (κ2) is 5.66. The smallest absolute Gasteiger partial charge is 0.216 e. The molecule has 1 atom stereocenters. The molecule has 1 aromatic heterocycles. The Morgan fingerprint density at radius 1 is 1.40 bits per heavy atom. The first-order valence-corrected chi connectivity index (χ1v) is 5.41. The van der Waals surface area contributed by atoms with E-state index < -0.39 is 0 Å². The molecular weight excluding hydrogens is 190 g/mol. The molecular formula is C11H19N3O. The van der Waals surface area contributed by atoms with Crippen LogP contribution in [0.25, 0.3) is 0 Å². The first-order chi connectivity index (χ1) is 7.21. The van der Waals surface area contributed by atoms with Gasteiger partial charge >= 0.3 is 0 Å². The number of aromatic nitrogens is 2. The third-order valence-corrected chi connectivity index (χ3v) is 2.24. The first kappa shape index (κ1) is 11.9. The van der Waals surface area contributed by atoms with Crippen molar-refractivity contribution in [1.82, 2.24) is 9.97 Å². The van der Waals surface area contributed by atoms with Crippen LogP contribution in [0, 0.1) is 0 Å². The van der Waals surface area contributed by atoms with Crippen LogP contribution in [0.15, 0.2) is 6.07 Å². The summed E-state index contributed by atoms with van der Waals surface area (Å²) in [6, 6.07) is 1.88. The van der Waals surface area contributed by atoms with Gasteiger partial charge in [0, 0.05) is 24.9 Å². The Kier molecular flexibility index (Phi) is 4.49. The molecule has 0 aliphatic rings. The van der Waals surface area contributed by atoms with E-state index in [-0.39, 0.29) is 5.92 Å². The van der Waals surface area contributed by atoms with E-state index in [1.165, 1.54) is 0 Å². The highest BCUT2D eigenvalue weighted by Gasteiger charge is 2.09. The molecule has 4 nitrogen and oxygen atoms in total. The summed E-state index contributed by atoms with van der Waals surface area (Å²) < 4.78 is 5.39. The molecule has 84 valence electrons. The standard InChI is InChI=1S/C11H19N3O/c1-4-10-13-9(8(3)7-12)6-11(14-10)15-5-2/h6,8H,4-5,7,12H2,1-3H3. The molecule has 0 aromatic carbocycles. The van der Waals surface area contributed by atoms with Crippen LogP contribution in [-0.2, 0) is 6.42 Å². The first-order valence-electron chi connectivity index (χ1n) is 5.41. The average Bonchev–Trinajstić information content (AvgIpc) is 2.28. The lowest BCUT2D eigenvalue weighted by Crippen LogP contribution is -2.12. The average molecular weight is 209 g/mol. The SMILES string of the molecule is CCOc1cc(C(C)CN)nc(CC)n1. The van der Waals surface area contributed by atoms with Crippen LogP contribution in [-0.4, -0.2) is 23.1 Å². The lowest BCUT2D eigenvalue weighted by Gasteiger charge is -2.11. The summed E-state index contributed by atoms with van der Waals surface area (Å²) in [6.45, 7) is 7.24. The van der Waals surface area contributed by atoms with Gasteiger partial charge in [0.15, 0.2) is 0 Å². The fourth-order valence-corrected chi connectivity index (χ4v) is 1.25. The predicted molar refractivity (Wildman–Crippen MR) is 60.0 cm³/mol. The molecule has 0 saturated carbocycles. The third kappa shape index (κ3) is 3.16. The minimum Gasteiger partial charge on any atom is -0.478 e. The van der Waals surface area contributed by atoms with Gasteiger partial charge in [-0.25, -0.2) is 4.98 Å². The van der Waals surface area contributed by atoms with Crippen molar-refractivity contribution >= 4 is 0 Å². The summed E-state index contributed by atoms with van der Waals surface area (Å²) in [4.78, 5) is 8.72. The molecule has 1 aromatic rings. The number of rotatable bonds is 5. The zero-order valence-electron chi connectivity index (χ0n) is 9.66. The van der Waals surface area contributed by atoms with Crippen LogP contribution in [0.5, 0.6) is 5.88 Å². The van der Waals surface area contributed by atoms with Gasteiger partial charge in [0.05, 0.1) is 12.3 Å². The summed E-state index contributed by atoms with van der Waals surface area (Å²) in [5, 5.41) is 0. The molecule has 0 fully saturated rings. The second-order valence-electron chi connectivity index (χ2n) is 3.47. The van der Waals surface area contributed by atoms with E-state index in [1.54, 1.807) is 0 Å². The van der Waals surface area contributed by atoms with E-state index in [9.17, 15) is 0 Å². The molecule has 0 amide bonds. The summed E-state index contributed by atoms with van der Waals surface area (Å²) in [5.74, 6) is 1.72. The summed E-state index contributed by atoms with van der Waals surface area (Å²) in [5.41, 5.74) is 6.58. The molecule has 15 heavy (non-hydrogen) atoms. The lowest BCUT2D eigenvalue weighted by atomic mass is 10.1. The van der Waals surface area contributed by atoms with Gasteiger partial charge in [-0.3, -0.25) is 0 Å². The maximum atomic E-state index is 5.62. The van der Waals surface area contributed by atoms with Gasteiger partial charge in [0.1, 0.15) is 5.82 Å². The Bertz CT molecular complexity index is 315. The number of ether oxygens (including phenoxy) is 1. The van der Waals surface area contributed by atoms with Gasteiger partial charge in [0.2, 0.25) is 5.88 Å². The number of aryl methyl sites for hydroxylation is 1. The Morgan fingerprint density at radius 3 is 2.67 bits per heavy atom. The predicted octanol–water partition coefficient (Wildman–Crippen LogP) is 1.50. The van der Waals surface area contributed by atoms with Crippen molar-refractivity contribution in [1.29, 1.82) is 0 Å². The van der Waals surface area contributed by atoms with E-state index in [4.69, 9.17) is 10.5 Å². The molecule has 1 heterocycles. The normalized spacial score (nSPS) is 12.5. The summed E-state index contributed by atoms with van der Waals surface area (Å²) in [6.07, 6.45) is 0.811. The van der Waals surface area contributed by atoms with Crippen LogP contribution in [0.2, 0.25) is 0 Å². The van der Waals surface area contributed by atoms with Gasteiger partial charge in [-0.15, -0.1) is 0 Å². The molecule has 0 spiro atoms. The van der Waals surface area contributed by atoms with Crippen LogP contribution < -0.4 is 10.5 Å². The minimum atomic E-state index is 0.248. The zero-order chi connectivity index (χ0) is 11.3. The number of nitrogens with zero attached hydrogens (tertiary/aromatic N) is 2. The quantitative estimate of drug-likeness (QED) is 0.798. The maximum Gasteiger partial charge on any atom is 0.216 e. The summed E-state index contributed by atoms with van der Waals surface area (Å²) in [7, 11) is 0. The molecule has 2 N–H and O–H groups in total. The monoisotopic (exact) mass is 209 g/mol. The summed E-state index contributed by atoms with van der Waals surface area (Å²) >= 11 is 0. The third-order valence-electron chi connectivity index (χ3n) is 2.24. The van der Waals surface area contributed by atoms with Gasteiger partial charge in [0.25, 0.3) is 0 Å². The Hall–Kier alpha value is -1.16. The van der Waals surface area contributed by atoms with Crippen molar-refractivity contribution in [3.63, 3.8) is 0 Å². The van der Waals surface area contributed by atoms with Crippen LogP contribution >= 0.6 is 0 Å². The number of hydrogen-bond donors (Lipinski definition) is 1. The van der Waals surface area contributed by atoms with E-state index >= 15 is 0 Å². The van der Waals surface area contributed by atoms with Gasteiger partial charge in [-0.05, 0) is 6.92 Å². The van der Waals surface area contributed by atoms with Gasteiger partial charge in [-0.1, -0.05) is 13.8 Å². The Labute approximate surface area is 90.9 Å². The second-order valence-corrected chi connectivity index (χ2v) is 3.47. The van der Waals surface area contributed by atoms with Crippen molar-refractivity contribution in [2.45, 2.75) is 33.1 Å². The van der Waals surface area contributed by atoms with Crippen LogP contribution in [0.3, 0.4) is 0 Å². The molecule has 0 saturated heterocycles. The highest BCUT2D eigenvalue weighted by Crippen LogP contribution is 2.17. The molecule has 0 aliphatic heterocycles. The van der Waals surface area contributed by atoms with E-state index in [0.29, 0.717) is 19.0 Å². The van der Waals surface area contributed by atoms with Crippen molar-refractivity contribution in [2.75, 3.05) is 13.2 Å². The maximum absolute atomic E-state index is 5.62. The van der Waals surface area contributed by atoms with E-state index in [0.717, 1.165) is 17.9 Å². The number of nitrogens with two attached hydrogens (primary N) is 1. The molecule has 0 radical (unpaired) electrons. The highest BCUT2D eigenvalue weighted by molar-refractivity contribution is 5.19. The molecule has 0 aliphatic carbocycles. The van der Waals surface area contributed by atoms with Crippen molar-refractivity contribution in [3.05, 3.63) is 17.6 Å². The van der Waals surface area contributed by atoms with Crippen LogP contribution in [0.4, 0.5) is 0 Å². The molecule has 1 unspecified atom stereocenters. The number of hydrogen-bond acceptors (Lipinski definition) is 4. The molecule has 4 heteroatoms. The van der Waals surface area contributed by atoms with E-state index in [2.05, 4.69) is 16.9 Å². The Morgan fingerprint density at radius 2 is 2.13 bits per heavy atom. The fourth-order valence-electron chi connectivity index (χ4n) is 1.25. The molecule has 1 rings (SSSR count). The minimum absolute atomic E-state index is 0.248. The van der Waals surface area contributed by atoms with Crippen molar-refractivity contribution < 1.29 is 4.74 Å². The van der Waals surface area contributed by atoms with Gasteiger partial charge in [-0.2, -0.15) is 4.98 Å². The van der Waals surface area contributed by atoms with Gasteiger partial charge < -0.3 is 10.5 Å². The van der Waals surface area contributed by atoms with Crippen molar-refractivity contribution in [2.24, 2.45) is 5.73 Å². The molecule has 0 bridgehead atoms. The Balaban J connectivity index is 2.99. The van der Waals surface area contributed by atoms with E-state index in [1.807, 2.05) is 19.9 Å². The van der Waals surface area contributed by atoms with Crippen molar-refractivity contribution in [3.8, 4) is 5.88 Å². The lowest BCUT2D eigenvalue weighted by molar-refractivity contribution is 0.324. The topological polar surface area (TPSA) is 61.0 Å². The van der Waals surface area contributed by atoms with Crippen LogP contribution in [0.1, 0.15) is 38.2 Å². The zero-order valence-corrected chi connectivity index (χ0v) is 9.66. The fraction of sp³-hybridized carbons (Fsp3) is 0.636.